The number of hydrogen-bond donors (Lipinski definition) is 1. The van der Waals surface area contributed by atoms with Gasteiger partial charge >= 0.3 is 0 Å². The number of nitrogens with zero attached hydrogens (tertiary/aromatic N) is 2. The molecule has 108 valence electrons. The molecule has 1 N–H and O–H groups in total. The third-order valence-corrected chi connectivity index (χ3v) is 3.61. The van der Waals surface area contributed by atoms with E-state index in [0.29, 0.717) is 6.42 Å². The first-order valence-electron chi connectivity index (χ1n) is 7.16. The monoisotopic (exact) mass is 275 g/mol. The first kappa shape index (κ1) is 14.7. The number of halogens is 1. The third-order valence-electron chi connectivity index (χ3n) is 3.61. The Morgan fingerprint density at radius 2 is 2.05 bits per heavy atom. The van der Waals surface area contributed by atoms with Gasteiger partial charge in [-0.25, -0.2) is 4.39 Å². The van der Waals surface area contributed by atoms with Crippen molar-refractivity contribution < 1.29 is 4.39 Å². The molecular weight excluding hydrogens is 253 g/mol. The van der Waals surface area contributed by atoms with E-state index in [0.717, 1.165) is 29.9 Å². The largest absolute Gasteiger partial charge is 0.311 e. The molecule has 2 rings (SSSR count). The maximum absolute atomic E-state index is 13.8. The van der Waals surface area contributed by atoms with Crippen LogP contribution in [0, 0.1) is 5.82 Å². The van der Waals surface area contributed by atoms with E-state index in [1.165, 1.54) is 6.07 Å². The van der Waals surface area contributed by atoms with Gasteiger partial charge in [0.2, 0.25) is 0 Å². The van der Waals surface area contributed by atoms with Gasteiger partial charge in [0, 0.05) is 6.54 Å². The van der Waals surface area contributed by atoms with E-state index >= 15 is 0 Å². The van der Waals surface area contributed by atoms with Crippen LogP contribution in [0.3, 0.4) is 0 Å². The molecule has 1 heterocycles. The van der Waals surface area contributed by atoms with E-state index in [4.69, 9.17) is 0 Å². The molecule has 0 bridgehead atoms. The van der Waals surface area contributed by atoms with E-state index in [1.54, 1.807) is 6.07 Å². The van der Waals surface area contributed by atoms with Crippen molar-refractivity contribution in [1.82, 2.24) is 15.1 Å². The number of hydrogen-bond acceptors (Lipinski definition) is 2. The maximum atomic E-state index is 13.8. The minimum absolute atomic E-state index is 0.0691. The minimum Gasteiger partial charge on any atom is -0.311 e. The number of aryl methyl sites for hydroxylation is 2. The van der Waals surface area contributed by atoms with Gasteiger partial charge in [0.25, 0.3) is 0 Å². The Morgan fingerprint density at radius 3 is 2.65 bits per heavy atom. The summed E-state index contributed by atoms with van der Waals surface area (Å²) in [6.45, 7) is 4.99. The van der Waals surface area contributed by atoms with Gasteiger partial charge in [-0.1, -0.05) is 25.1 Å². The average Bonchev–Trinajstić information content (AvgIpc) is 2.89. The highest BCUT2D eigenvalue weighted by Gasteiger charge is 2.17. The fraction of sp³-hybridized carbons (Fsp3) is 0.438. The molecule has 0 aliphatic rings. The van der Waals surface area contributed by atoms with Crippen molar-refractivity contribution in [2.45, 2.75) is 39.3 Å². The lowest BCUT2D eigenvalue weighted by Gasteiger charge is -2.17. The van der Waals surface area contributed by atoms with Gasteiger partial charge in [-0.15, -0.1) is 0 Å². The molecule has 0 fully saturated rings. The molecule has 0 aliphatic heterocycles. The van der Waals surface area contributed by atoms with Crippen molar-refractivity contribution in [3.8, 4) is 0 Å². The molecule has 2 aromatic rings. The summed E-state index contributed by atoms with van der Waals surface area (Å²) in [7, 11) is 1.91. The van der Waals surface area contributed by atoms with E-state index in [-0.39, 0.29) is 11.9 Å². The average molecular weight is 275 g/mol. The topological polar surface area (TPSA) is 29.9 Å². The van der Waals surface area contributed by atoms with Crippen LogP contribution in [0.15, 0.2) is 30.3 Å². The predicted octanol–water partition coefficient (Wildman–Crippen LogP) is 3.11. The van der Waals surface area contributed by atoms with Crippen molar-refractivity contribution in [3.63, 3.8) is 0 Å². The van der Waals surface area contributed by atoms with Crippen LogP contribution in [0.25, 0.3) is 0 Å². The Hall–Kier alpha value is -1.68. The molecule has 0 spiro atoms. The van der Waals surface area contributed by atoms with Crippen LogP contribution in [0.2, 0.25) is 0 Å². The Labute approximate surface area is 119 Å². The van der Waals surface area contributed by atoms with Gasteiger partial charge in [0.05, 0.1) is 17.4 Å². The number of likely N-dealkylation sites (N-methyl/N-ethyl adjacent to an activating group) is 1. The van der Waals surface area contributed by atoms with Crippen molar-refractivity contribution in [1.29, 1.82) is 0 Å². The molecule has 0 amide bonds. The number of rotatable bonds is 6. The molecule has 1 aromatic heterocycles. The van der Waals surface area contributed by atoms with Gasteiger partial charge in [-0.05, 0) is 44.5 Å². The first-order valence-corrected chi connectivity index (χ1v) is 7.16. The molecule has 0 radical (unpaired) electrons. The zero-order valence-electron chi connectivity index (χ0n) is 12.4. The Kier molecular flexibility index (Phi) is 4.90. The van der Waals surface area contributed by atoms with Crippen molar-refractivity contribution in [2.24, 2.45) is 0 Å². The summed E-state index contributed by atoms with van der Waals surface area (Å²) in [5.74, 6) is -0.147. The quantitative estimate of drug-likeness (QED) is 0.878. The molecule has 1 atom stereocenters. The van der Waals surface area contributed by atoms with Gasteiger partial charge in [0.1, 0.15) is 5.82 Å². The summed E-state index contributed by atoms with van der Waals surface area (Å²) in [5.41, 5.74) is 2.93. The van der Waals surface area contributed by atoms with E-state index in [9.17, 15) is 4.39 Å². The van der Waals surface area contributed by atoms with E-state index in [1.807, 2.05) is 23.9 Å². The zero-order chi connectivity index (χ0) is 14.5. The summed E-state index contributed by atoms with van der Waals surface area (Å²) in [6.07, 6.45) is 1.54. The highest BCUT2D eigenvalue weighted by Crippen LogP contribution is 2.21. The minimum atomic E-state index is -0.147. The highest BCUT2D eigenvalue weighted by molar-refractivity contribution is 5.22. The molecule has 0 saturated carbocycles. The Bertz CT molecular complexity index is 563. The third kappa shape index (κ3) is 3.07. The van der Waals surface area contributed by atoms with Crippen LogP contribution in [0.5, 0.6) is 0 Å². The van der Waals surface area contributed by atoms with Crippen molar-refractivity contribution >= 4 is 0 Å². The van der Waals surface area contributed by atoms with Crippen molar-refractivity contribution in [3.05, 3.63) is 53.1 Å². The second-order valence-corrected chi connectivity index (χ2v) is 4.87. The second-order valence-electron chi connectivity index (χ2n) is 4.87. The van der Waals surface area contributed by atoms with Gasteiger partial charge in [0.15, 0.2) is 0 Å². The van der Waals surface area contributed by atoms with Crippen LogP contribution in [0.4, 0.5) is 4.39 Å². The smallest absolute Gasteiger partial charge is 0.126 e. The zero-order valence-corrected chi connectivity index (χ0v) is 12.4. The summed E-state index contributed by atoms with van der Waals surface area (Å²) >= 11 is 0. The second kappa shape index (κ2) is 6.66. The van der Waals surface area contributed by atoms with Crippen LogP contribution >= 0.6 is 0 Å². The molecule has 0 saturated heterocycles. The molecule has 1 unspecified atom stereocenters. The SMILES string of the molecule is CCc1cc(C(Cc2ccccc2F)NC)n(CC)n1. The van der Waals surface area contributed by atoms with E-state index < -0.39 is 0 Å². The maximum Gasteiger partial charge on any atom is 0.126 e. The fourth-order valence-electron chi connectivity index (χ4n) is 2.43. The predicted molar refractivity (Wildman–Crippen MR) is 79.2 cm³/mol. The van der Waals surface area contributed by atoms with Gasteiger partial charge < -0.3 is 5.32 Å². The van der Waals surface area contributed by atoms with Crippen LogP contribution in [0.1, 0.15) is 36.8 Å². The Balaban J connectivity index is 2.28. The molecule has 0 aliphatic carbocycles. The van der Waals surface area contributed by atoms with Gasteiger partial charge in [-0.2, -0.15) is 5.10 Å². The summed E-state index contributed by atoms with van der Waals surface area (Å²) in [6, 6.07) is 9.13. The Morgan fingerprint density at radius 1 is 1.30 bits per heavy atom. The van der Waals surface area contributed by atoms with Crippen LogP contribution < -0.4 is 5.32 Å². The lowest BCUT2D eigenvalue weighted by Crippen LogP contribution is -2.22. The highest BCUT2D eigenvalue weighted by atomic mass is 19.1. The lowest BCUT2D eigenvalue weighted by atomic mass is 10.0. The van der Waals surface area contributed by atoms with Crippen LogP contribution in [-0.2, 0) is 19.4 Å². The molecular formula is C16H22FN3. The number of nitrogens with one attached hydrogen (secondary N) is 1. The number of aromatic nitrogens is 2. The van der Waals surface area contributed by atoms with Gasteiger partial charge in [-0.3, -0.25) is 4.68 Å². The lowest BCUT2D eigenvalue weighted by molar-refractivity contribution is 0.500. The van der Waals surface area contributed by atoms with Crippen molar-refractivity contribution in [2.75, 3.05) is 7.05 Å². The molecule has 3 nitrogen and oxygen atoms in total. The summed E-state index contributed by atoms with van der Waals surface area (Å²) in [5, 5.41) is 7.84. The molecule has 20 heavy (non-hydrogen) atoms. The molecule has 4 heteroatoms. The fourth-order valence-corrected chi connectivity index (χ4v) is 2.43. The summed E-state index contributed by atoms with van der Waals surface area (Å²) in [4.78, 5) is 0. The number of benzene rings is 1. The normalized spacial score (nSPS) is 12.6. The standard InChI is InChI=1S/C16H22FN3/c1-4-13-11-16(20(5-2)19-13)15(18-3)10-12-8-6-7-9-14(12)17/h6-9,11,15,18H,4-5,10H2,1-3H3. The first-order chi connectivity index (χ1) is 9.69. The van der Waals surface area contributed by atoms with E-state index in [2.05, 4.69) is 30.3 Å². The molecule has 1 aromatic carbocycles. The summed E-state index contributed by atoms with van der Waals surface area (Å²) < 4.78 is 15.8. The van der Waals surface area contributed by atoms with Crippen LogP contribution in [-0.4, -0.2) is 16.8 Å².